The summed E-state index contributed by atoms with van der Waals surface area (Å²) in [5.41, 5.74) is -0.469. The molecule has 0 atom stereocenters. The third-order valence-electron chi connectivity index (χ3n) is 2.71. The predicted molar refractivity (Wildman–Crippen MR) is 56.4 cm³/mol. The number of nitro groups is 1. The number of carbonyl (C=O) groups is 1. The zero-order valence-corrected chi connectivity index (χ0v) is 8.67. The molecule has 1 aliphatic heterocycles. The summed E-state index contributed by atoms with van der Waals surface area (Å²) >= 11 is 0. The number of benzene rings is 1. The third-order valence-corrected chi connectivity index (χ3v) is 2.71. The SMILES string of the molecule is O=C(O)C1CN(c2c(F)cccc2[N+](=O)[O-])C1. The second kappa shape index (κ2) is 4.00. The average Bonchev–Trinajstić information content (AvgIpc) is 2.17. The van der Waals surface area contributed by atoms with E-state index < -0.39 is 22.6 Å². The highest BCUT2D eigenvalue weighted by Gasteiger charge is 2.37. The Morgan fingerprint density at radius 1 is 1.53 bits per heavy atom. The lowest BCUT2D eigenvalue weighted by Crippen LogP contribution is -2.51. The number of nitrogens with zero attached hydrogens (tertiary/aromatic N) is 2. The van der Waals surface area contributed by atoms with E-state index in [0.717, 1.165) is 6.07 Å². The van der Waals surface area contributed by atoms with Crippen LogP contribution < -0.4 is 4.90 Å². The van der Waals surface area contributed by atoms with Crippen LogP contribution in [0, 0.1) is 21.8 Å². The number of carboxylic acids is 1. The van der Waals surface area contributed by atoms with Crippen molar-refractivity contribution in [2.24, 2.45) is 5.92 Å². The number of hydrogen-bond donors (Lipinski definition) is 1. The molecule has 1 aliphatic rings. The summed E-state index contributed by atoms with van der Waals surface area (Å²) in [7, 11) is 0. The Morgan fingerprint density at radius 3 is 2.71 bits per heavy atom. The van der Waals surface area contributed by atoms with E-state index in [1.165, 1.54) is 17.0 Å². The van der Waals surface area contributed by atoms with Gasteiger partial charge in [0.15, 0.2) is 11.5 Å². The summed E-state index contributed by atoms with van der Waals surface area (Å²) in [6.45, 7) is 0.189. The van der Waals surface area contributed by atoms with Crippen LogP contribution in [0.4, 0.5) is 15.8 Å². The Balaban J connectivity index is 2.28. The van der Waals surface area contributed by atoms with Crippen molar-refractivity contribution in [3.8, 4) is 0 Å². The maximum absolute atomic E-state index is 13.5. The topological polar surface area (TPSA) is 83.7 Å². The molecule has 1 saturated heterocycles. The van der Waals surface area contributed by atoms with Gasteiger partial charge in [-0.2, -0.15) is 0 Å². The van der Waals surface area contributed by atoms with Gasteiger partial charge in [0.05, 0.1) is 10.8 Å². The zero-order chi connectivity index (χ0) is 12.6. The van der Waals surface area contributed by atoms with Crippen molar-refractivity contribution >= 4 is 17.3 Å². The van der Waals surface area contributed by atoms with Crippen molar-refractivity contribution in [1.29, 1.82) is 0 Å². The van der Waals surface area contributed by atoms with Crippen molar-refractivity contribution in [2.45, 2.75) is 0 Å². The Kier molecular flexibility index (Phi) is 2.66. The molecule has 0 aromatic heterocycles. The molecule has 0 aliphatic carbocycles. The first-order valence-corrected chi connectivity index (χ1v) is 4.91. The van der Waals surface area contributed by atoms with Crippen LogP contribution >= 0.6 is 0 Å². The summed E-state index contributed by atoms with van der Waals surface area (Å²) in [4.78, 5) is 22.0. The summed E-state index contributed by atoms with van der Waals surface area (Å²) in [5, 5.41) is 19.4. The van der Waals surface area contributed by atoms with Crippen molar-refractivity contribution in [2.75, 3.05) is 18.0 Å². The first kappa shape index (κ1) is 11.3. The molecular formula is C10H9FN2O4. The van der Waals surface area contributed by atoms with E-state index in [-0.39, 0.29) is 24.5 Å². The molecule has 0 amide bonds. The van der Waals surface area contributed by atoms with Crippen LogP contribution in [-0.4, -0.2) is 29.1 Å². The minimum atomic E-state index is -0.972. The molecule has 1 fully saturated rings. The molecule has 1 N–H and O–H groups in total. The number of hydrogen-bond acceptors (Lipinski definition) is 4. The minimum Gasteiger partial charge on any atom is -0.481 e. The monoisotopic (exact) mass is 240 g/mol. The summed E-state index contributed by atoms with van der Waals surface area (Å²) in [5.74, 6) is -2.27. The normalized spacial score (nSPS) is 15.5. The van der Waals surface area contributed by atoms with Gasteiger partial charge >= 0.3 is 5.97 Å². The first-order chi connectivity index (χ1) is 8.00. The maximum Gasteiger partial charge on any atom is 0.310 e. The molecule has 1 aromatic carbocycles. The summed E-state index contributed by atoms with van der Waals surface area (Å²) in [6, 6.07) is 3.58. The molecule has 7 heteroatoms. The molecule has 6 nitrogen and oxygen atoms in total. The lowest BCUT2D eigenvalue weighted by Gasteiger charge is -2.38. The zero-order valence-electron chi connectivity index (χ0n) is 8.67. The fraction of sp³-hybridized carbons (Fsp3) is 0.300. The van der Waals surface area contributed by atoms with Crippen LogP contribution in [-0.2, 0) is 4.79 Å². The molecule has 1 aromatic rings. The van der Waals surface area contributed by atoms with Gasteiger partial charge in [-0.05, 0) is 6.07 Å². The van der Waals surface area contributed by atoms with E-state index in [1.807, 2.05) is 0 Å². The van der Waals surface area contributed by atoms with E-state index in [1.54, 1.807) is 0 Å². The standard InChI is InChI=1S/C10H9FN2O4/c11-7-2-1-3-8(13(16)17)9(7)12-4-6(5-12)10(14)15/h1-3,6H,4-5H2,(H,14,15). The fourth-order valence-electron chi connectivity index (χ4n) is 1.78. The van der Waals surface area contributed by atoms with Crippen LogP contribution in [0.1, 0.15) is 0 Å². The van der Waals surface area contributed by atoms with Crippen molar-refractivity contribution in [3.63, 3.8) is 0 Å². The number of aliphatic carboxylic acids is 1. The van der Waals surface area contributed by atoms with Gasteiger partial charge in [0.1, 0.15) is 0 Å². The fourth-order valence-corrected chi connectivity index (χ4v) is 1.78. The van der Waals surface area contributed by atoms with Crippen molar-refractivity contribution in [1.82, 2.24) is 0 Å². The van der Waals surface area contributed by atoms with Gasteiger partial charge < -0.3 is 10.0 Å². The molecule has 1 heterocycles. The first-order valence-electron chi connectivity index (χ1n) is 4.91. The van der Waals surface area contributed by atoms with Gasteiger partial charge in [-0.15, -0.1) is 0 Å². The van der Waals surface area contributed by atoms with Crippen LogP contribution in [0.25, 0.3) is 0 Å². The number of rotatable bonds is 3. The highest BCUT2D eigenvalue weighted by molar-refractivity contribution is 5.76. The lowest BCUT2D eigenvalue weighted by atomic mass is 9.99. The Labute approximate surface area is 95.4 Å². The number of halogens is 1. The van der Waals surface area contributed by atoms with Gasteiger partial charge in [0.2, 0.25) is 0 Å². The second-order valence-electron chi connectivity index (χ2n) is 3.80. The van der Waals surface area contributed by atoms with Gasteiger partial charge in [0.25, 0.3) is 5.69 Å². The van der Waals surface area contributed by atoms with Crippen LogP contribution in [0.5, 0.6) is 0 Å². The van der Waals surface area contributed by atoms with Gasteiger partial charge in [-0.3, -0.25) is 14.9 Å². The van der Waals surface area contributed by atoms with Gasteiger partial charge in [0, 0.05) is 19.2 Å². The highest BCUT2D eigenvalue weighted by atomic mass is 19.1. The molecular weight excluding hydrogens is 231 g/mol. The lowest BCUT2D eigenvalue weighted by molar-refractivity contribution is -0.384. The molecule has 17 heavy (non-hydrogen) atoms. The molecule has 90 valence electrons. The number of para-hydroxylation sites is 1. The van der Waals surface area contributed by atoms with Gasteiger partial charge in [-0.25, -0.2) is 4.39 Å². The van der Waals surface area contributed by atoms with E-state index in [0.29, 0.717) is 0 Å². The van der Waals surface area contributed by atoms with Crippen molar-refractivity contribution in [3.05, 3.63) is 34.1 Å². The molecule has 0 radical (unpaired) electrons. The maximum atomic E-state index is 13.5. The average molecular weight is 240 g/mol. The smallest absolute Gasteiger partial charge is 0.310 e. The highest BCUT2D eigenvalue weighted by Crippen LogP contribution is 2.35. The van der Waals surface area contributed by atoms with E-state index in [2.05, 4.69) is 0 Å². The summed E-state index contributed by atoms with van der Waals surface area (Å²) in [6.07, 6.45) is 0. The number of carboxylic acid groups (broad SMARTS) is 1. The van der Waals surface area contributed by atoms with Gasteiger partial charge in [-0.1, -0.05) is 6.07 Å². The van der Waals surface area contributed by atoms with Crippen molar-refractivity contribution < 1.29 is 19.2 Å². The van der Waals surface area contributed by atoms with Crippen LogP contribution in [0.3, 0.4) is 0 Å². The minimum absolute atomic E-state index is 0.0944. The quantitative estimate of drug-likeness (QED) is 0.635. The van der Waals surface area contributed by atoms with E-state index >= 15 is 0 Å². The van der Waals surface area contributed by atoms with Crippen LogP contribution in [0.2, 0.25) is 0 Å². The predicted octanol–water partition coefficient (Wildman–Crippen LogP) is 1.25. The third kappa shape index (κ3) is 1.91. The number of nitro benzene ring substituents is 1. The Bertz CT molecular complexity index is 485. The Hall–Kier alpha value is -2.18. The second-order valence-corrected chi connectivity index (χ2v) is 3.80. The van der Waals surface area contributed by atoms with Crippen LogP contribution in [0.15, 0.2) is 18.2 Å². The van der Waals surface area contributed by atoms with E-state index in [9.17, 15) is 19.3 Å². The molecule has 0 saturated carbocycles. The van der Waals surface area contributed by atoms with E-state index in [4.69, 9.17) is 5.11 Å². The molecule has 0 unspecified atom stereocenters. The molecule has 0 bridgehead atoms. The number of anilines is 1. The molecule has 0 spiro atoms. The largest absolute Gasteiger partial charge is 0.481 e. The Morgan fingerprint density at radius 2 is 2.18 bits per heavy atom. The summed E-state index contributed by atoms with van der Waals surface area (Å²) < 4.78 is 13.5. The molecule has 2 rings (SSSR count).